The first-order valence-electron chi connectivity index (χ1n) is 8.53. The molecule has 0 saturated heterocycles. The Bertz CT molecular complexity index is 1030. The van der Waals surface area contributed by atoms with Crippen molar-refractivity contribution >= 4 is 39.4 Å². The summed E-state index contributed by atoms with van der Waals surface area (Å²) in [6, 6.07) is 7.51. The zero-order valence-corrected chi connectivity index (χ0v) is 17.9. The molecule has 0 bridgehead atoms. The molecular formula is C19H18BrN3O4S. The van der Waals surface area contributed by atoms with Gasteiger partial charge in [-0.15, -0.1) is 10.2 Å². The van der Waals surface area contributed by atoms with E-state index in [4.69, 9.17) is 9.15 Å². The topological polar surface area (TPSA) is 98.1 Å². The van der Waals surface area contributed by atoms with Gasteiger partial charge in [-0.25, -0.2) is 4.79 Å². The molecule has 0 aliphatic heterocycles. The number of ether oxygens (including phenoxy) is 1. The molecule has 146 valence electrons. The molecule has 9 heteroatoms. The van der Waals surface area contributed by atoms with E-state index < -0.39 is 5.97 Å². The largest absolute Gasteiger partial charge is 0.461 e. The van der Waals surface area contributed by atoms with Crippen LogP contribution in [0.1, 0.15) is 39.0 Å². The van der Waals surface area contributed by atoms with Crippen molar-refractivity contribution in [2.24, 2.45) is 0 Å². The Morgan fingerprint density at radius 2 is 2.00 bits per heavy atom. The van der Waals surface area contributed by atoms with Crippen LogP contribution < -0.4 is 0 Å². The summed E-state index contributed by atoms with van der Waals surface area (Å²) in [4.78, 5) is 27.6. The van der Waals surface area contributed by atoms with Gasteiger partial charge in [-0.1, -0.05) is 23.9 Å². The van der Waals surface area contributed by atoms with Crippen LogP contribution in [0.25, 0.3) is 11.5 Å². The van der Waals surface area contributed by atoms with Gasteiger partial charge in [0.2, 0.25) is 5.89 Å². The van der Waals surface area contributed by atoms with Gasteiger partial charge in [0.25, 0.3) is 5.22 Å². The molecule has 1 N–H and O–H groups in total. The van der Waals surface area contributed by atoms with Crippen LogP contribution in [0.2, 0.25) is 0 Å². The number of esters is 1. The lowest BCUT2D eigenvalue weighted by Crippen LogP contribution is -2.08. The number of ketones is 1. The Morgan fingerprint density at radius 3 is 2.71 bits per heavy atom. The molecule has 3 rings (SSSR count). The monoisotopic (exact) mass is 463 g/mol. The molecule has 0 unspecified atom stereocenters. The van der Waals surface area contributed by atoms with Crippen LogP contribution in [-0.4, -0.2) is 39.3 Å². The lowest BCUT2D eigenvalue weighted by atomic mass is 10.1. The van der Waals surface area contributed by atoms with Gasteiger partial charge in [-0.05, 0) is 54.4 Å². The summed E-state index contributed by atoms with van der Waals surface area (Å²) in [6.45, 7) is 5.49. The minimum Gasteiger partial charge on any atom is -0.461 e. The average molecular weight is 464 g/mol. The maximum Gasteiger partial charge on any atom is 0.355 e. The van der Waals surface area contributed by atoms with Crippen molar-refractivity contribution in [3.05, 3.63) is 51.3 Å². The molecule has 0 atom stereocenters. The van der Waals surface area contributed by atoms with Crippen LogP contribution in [0, 0.1) is 13.8 Å². The van der Waals surface area contributed by atoms with Gasteiger partial charge in [-0.3, -0.25) is 4.79 Å². The molecule has 0 aliphatic carbocycles. The van der Waals surface area contributed by atoms with Crippen molar-refractivity contribution < 1.29 is 18.7 Å². The molecule has 28 heavy (non-hydrogen) atoms. The molecule has 0 fully saturated rings. The van der Waals surface area contributed by atoms with Gasteiger partial charge in [0.1, 0.15) is 5.69 Å². The van der Waals surface area contributed by atoms with E-state index in [0.29, 0.717) is 33.6 Å². The van der Waals surface area contributed by atoms with Crippen molar-refractivity contribution in [1.82, 2.24) is 15.2 Å². The Balaban J connectivity index is 1.72. The van der Waals surface area contributed by atoms with E-state index in [1.54, 1.807) is 20.8 Å². The second-order valence-electron chi connectivity index (χ2n) is 5.91. The van der Waals surface area contributed by atoms with Gasteiger partial charge >= 0.3 is 5.97 Å². The number of thioether (sulfide) groups is 1. The lowest BCUT2D eigenvalue weighted by Gasteiger charge is -2.02. The second kappa shape index (κ2) is 8.74. The van der Waals surface area contributed by atoms with E-state index in [1.165, 1.54) is 0 Å². The zero-order chi connectivity index (χ0) is 20.3. The molecule has 1 aromatic carbocycles. The number of H-pyrrole nitrogens is 1. The predicted molar refractivity (Wildman–Crippen MR) is 109 cm³/mol. The van der Waals surface area contributed by atoms with Crippen LogP contribution >= 0.6 is 27.7 Å². The third kappa shape index (κ3) is 4.20. The second-order valence-corrected chi connectivity index (χ2v) is 7.69. The number of hydrogen-bond donors (Lipinski definition) is 1. The fraction of sp³-hybridized carbons (Fsp3) is 0.263. The summed E-state index contributed by atoms with van der Waals surface area (Å²) in [5, 5.41) is 8.33. The van der Waals surface area contributed by atoms with Crippen LogP contribution in [0.3, 0.4) is 0 Å². The van der Waals surface area contributed by atoms with Crippen molar-refractivity contribution in [3.63, 3.8) is 0 Å². The van der Waals surface area contributed by atoms with Gasteiger partial charge < -0.3 is 14.1 Å². The van der Waals surface area contributed by atoms with Crippen LogP contribution in [0.15, 0.2) is 38.4 Å². The molecule has 7 nitrogen and oxygen atoms in total. The zero-order valence-electron chi connectivity index (χ0n) is 15.5. The third-order valence-corrected chi connectivity index (χ3v) is 5.54. The minimum absolute atomic E-state index is 0.111. The molecule has 2 aromatic heterocycles. The van der Waals surface area contributed by atoms with Crippen LogP contribution in [0.4, 0.5) is 0 Å². The number of aryl methyl sites for hydroxylation is 1. The summed E-state index contributed by atoms with van der Waals surface area (Å²) in [6.07, 6.45) is 0. The van der Waals surface area contributed by atoms with E-state index in [9.17, 15) is 9.59 Å². The first-order chi connectivity index (χ1) is 13.4. The first-order valence-corrected chi connectivity index (χ1v) is 10.3. The molecule has 0 aliphatic rings. The number of aromatic nitrogens is 3. The highest BCUT2D eigenvalue weighted by Crippen LogP contribution is 2.29. The summed E-state index contributed by atoms with van der Waals surface area (Å²) >= 11 is 4.60. The fourth-order valence-corrected chi connectivity index (χ4v) is 3.88. The first kappa shape index (κ1) is 20.3. The minimum atomic E-state index is -0.468. The highest BCUT2D eigenvalue weighted by molar-refractivity contribution is 9.10. The van der Waals surface area contributed by atoms with Gasteiger partial charge in [0.15, 0.2) is 5.78 Å². The molecular weight excluding hydrogens is 446 g/mol. The van der Waals surface area contributed by atoms with Gasteiger partial charge in [0, 0.05) is 15.7 Å². The summed E-state index contributed by atoms with van der Waals surface area (Å²) in [5.74, 6) is -0.113. The molecule has 0 spiro atoms. The number of aromatic amines is 1. The predicted octanol–water partition coefficient (Wildman–Crippen LogP) is 4.60. The maximum atomic E-state index is 12.7. The van der Waals surface area contributed by atoms with Crippen molar-refractivity contribution in [2.45, 2.75) is 26.0 Å². The summed E-state index contributed by atoms with van der Waals surface area (Å²) < 4.78 is 11.5. The smallest absolute Gasteiger partial charge is 0.355 e. The van der Waals surface area contributed by atoms with E-state index >= 15 is 0 Å². The number of carbonyl (C=O) groups excluding carboxylic acids is 2. The van der Waals surface area contributed by atoms with E-state index in [-0.39, 0.29) is 18.1 Å². The van der Waals surface area contributed by atoms with Gasteiger partial charge in [0.05, 0.1) is 17.9 Å². The normalized spacial score (nSPS) is 10.9. The number of benzene rings is 1. The highest BCUT2D eigenvalue weighted by atomic mass is 79.9. The summed E-state index contributed by atoms with van der Waals surface area (Å²) in [7, 11) is 0. The van der Waals surface area contributed by atoms with Crippen molar-refractivity contribution in [3.8, 4) is 11.5 Å². The highest BCUT2D eigenvalue weighted by Gasteiger charge is 2.23. The number of Topliss-reactive ketones (excluding diaryl/α,β-unsaturated/α-hetero) is 1. The Hall–Kier alpha value is -2.39. The molecule has 0 amide bonds. The molecule has 3 aromatic rings. The van der Waals surface area contributed by atoms with Gasteiger partial charge in [-0.2, -0.15) is 0 Å². The van der Waals surface area contributed by atoms with E-state index in [1.807, 2.05) is 24.3 Å². The fourth-order valence-electron chi connectivity index (χ4n) is 2.79. The summed E-state index contributed by atoms with van der Waals surface area (Å²) in [5.41, 5.74) is 2.79. The third-order valence-electron chi connectivity index (χ3n) is 4.03. The maximum absolute atomic E-state index is 12.7. The van der Waals surface area contributed by atoms with Crippen LogP contribution in [0.5, 0.6) is 0 Å². The Labute approximate surface area is 174 Å². The standard InChI is InChI=1S/C19H18BrN3O4S/c1-4-26-18(25)16-10(2)15(11(3)21-16)14(24)9-28-19-23-22-17(27-19)12-7-5-6-8-13(12)20/h5-8,21H,4,9H2,1-3H3. The van der Waals surface area contributed by atoms with Crippen molar-refractivity contribution in [1.29, 1.82) is 0 Å². The Morgan fingerprint density at radius 1 is 1.25 bits per heavy atom. The SMILES string of the molecule is CCOC(=O)c1[nH]c(C)c(C(=O)CSc2nnc(-c3ccccc3Br)o2)c1C. The number of rotatable bonds is 7. The number of nitrogens with zero attached hydrogens (tertiary/aromatic N) is 2. The lowest BCUT2D eigenvalue weighted by molar-refractivity contribution is 0.0519. The number of carbonyl (C=O) groups is 2. The molecule has 0 radical (unpaired) electrons. The quantitative estimate of drug-likeness (QED) is 0.310. The number of hydrogen-bond acceptors (Lipinski definition) is 7. The van der Waals surface area contributed by atoms with Crippen molar-refractivity contribution in [2.75, 3.05) is 12.4 Å². The van der Waals surface area contributed by atoms with E-state index in [2.05, 4.69) is 31.1 Å². The number of halogens is 1. The molecule has 0 saturated carbocycles. The van der Waals surface area contributed by atoms with Crippen LogP contribution in [-0.2, 0) is 4.74 Å². The molecule has 2 heterocycles. The average Bonchev–Trinajstić information content (AvgIpc) is 3.25. The van der Waals surface area contributed by atoms with E-state index in [0.717, 1.165) is 21.8 Å². The number of nitrogens with one attached hydrogen (secondary N) is 1. The Kier molecular flexibility index (Phi) is 6.35.